The summed E-state index contributed by atoms with van der Waals surface area (Å²) in [6, 6.07) is 10.9. The van der Waals surface area contributed by atoms with Crippen molar-refractivity contribution in [2.45, 2.75) is 23.9 Å². The number of hydrogen-bond acceptors (Lipinski definition) is 6. The number of rotatable bonds is 5. The Bertz CT molecular complexity index is 1180. The van der Waals surface area contributed by atoms with E-state index in [4.69, 9.17) is 27.9 Å². The Balaban J connectivity index is 1.76. The van der Waals surface area contributed by atoms with Gasteiger partial charge >= 0.3 is 5.97 Å². The number of nitrogens with one attached hydrogen (secondary N) is 1. The molecule has 1 aliphatic rings. The number of nitrogens with zero attached hydrogens (tertiary/aromatic N) is 3. The summed E-state index contributed by atoms with van der Waals surface area (Å²) in [5.41, 5.74) is 1.75. The third-order valence-electron chi connectivity index (χ3n) is 4.83. The molecule has 1 N–H and O–H groups in total. The van der Waals surface area contributed by atoms with E-state index in [-0.39, 0.29) is 16.2 Å². The first-order valence-electron chi connectivity index (χ1n) is 9.23. The second-order valence-electron chi connectivity index (χ2n) is 6.74. The lowest BCUT2D eigenvalue weighted by Gasteiger charge is -2.28. The fourth-order valence-electron chi connectivity index (χ4n) is 3.36. The van der Waals surface area contributed by atoms with Crippen LogP contribution >= 0.6 is 35.0 Å². The molecule has 0 bridgehead atoms. The Labute approximate surface area is 192 Å². The minimum absolute atomic E-state index is 0.124. The summed E-state index contributed by atoms with van der Waals surface area (Å²) < 4.78 is 21.3. The van der Waals surface area contributed by atoms with Crippen molar-refractivity contribution in [3.05, 3.63) is 80.7 Å². The highest BCUT2D eigenvalue weighted by Gasteiger charge is 2.37. The molecule has 2 heterocycles. The molecule has 31 heavy (non-hydrogen) atoms. The summed E-state index contributed by atoms with van der Waals surface area (Å²) in [5.74, 6) is -0.248. The fraction of sp³-hybridized carbons (Fsp3) is 0.190. The lowest BCUT2D eigenvalue weighted by atomic mass is 9.95. The largest absolute Gasteiger partial charge is 0.466 e. The van der Waals surface area contributed by atoms with E-state index in [1.54, 1.807) is 13.0 Å². The first-order chi connectivity index (χ1) is 14.9. The molecule has 0 saturated heterocycles. The molecule has 0 amide bonds. The van der Waals surface area contributed by atoms with Crippen LogP contribution in [0.3, 0.4) is 0 Å². The third-order valence-corrected chi connectivity index (χ3v) is 6.41. The Hall–Kier alpha value is -2.55. The van der Waals surface area contributed by atoms with Crippen LogP contribution in [0.15, 0.2) is 58.9 Å². The molecule has 2 aromatic carbocycles. The summed E-state index contributed by atoms with van der Waals surface area (Å²) in [6.45, 7) is 1.70. The number of fused-ring (bicyclic) bond motifs is 1. The van der Waals surface area contributed by atoms with Gasteiger partial charge in [-0.15, -0.1) is 5.10 Å². The molecule has 6 nitrogen and oxygen atoms in total. The van der Waals surface area contributed by atoms with E-state index in [0.29, 0.717) is 27.6 Å². The molecule has 1 aliphatic heterocycles. The summed E-state index contributed by atoms with van der Waals surface area (Å²) >= 11 is 13.9. The molecule has 1 atom stereocenters. The van der Waals surface area contributed by atoms with Crippen molar-refractivity contribution in [1.29, 1.82) is 0 Å². The van der Waals surface area contributed by atoms with Gasteiger partial charge in [-0.1, -0.05) is 59.2 Å². The number of carbonyl (C=O) groups excluding carboxylic acids is 1. The average molecular weight is 479 g/mol. The van der Waals surface area contributed by atoms with Gasteiger partial charge in [-0.2, -0.15) is 4.98 Å². The van der Waals surface area contributed by atoms with Gasteiger partial charge < -0.3 is 10.1 Å². The molecule has 0 spiro atoms. The van der Waals surface area contributed by atoms with Crippen LogP contribution in [0, 0.1) is 5.82 Å². The lowest BCUT2D eigenvalue weighted by molar-refractivity contribution is -0.136. The van der Waals surface area contributed by atoms with Gasteiger partial charge in [0, 0.05) is 27.1 Å². The van der Waals surface area contributed by atoms with Crippen LogP contribution < -0.4 is 5.32 Å². The predicted molar refractivity (Wildman–Crippen MR) is 119 cm³/mol. The number of allylic oxidation sites excluding steroid dienone is 1. The van der Waals surface area contributed by atoms with Crippen molar-refractivity contribution in [1.82, 2.24) is 14.8 Å². The minimum atomic E-state index is -0.931. The van der Waals surface area contributed by atoms with E-state index >= 15 is 0 Å². The van der Waals surface area contributed by atoms with Gasteiger partial charge in [0.25, 0.3) is 0 Å². The van der Waals surface area contributed by atoms with Gasteiger partial charge in [0.05, 0.1) is 12.7 Å². The summed E-state index contributed by atoms with van der Waals surface area (Å²) in [5, 5.41) is 8.86. The van der Waals surface area contributed by atoms with Crippen molar-refractivity contribution in [2.75, 3.05) is 12.4 Å². The molecule has 0 fully saturated rings. The number of ether oxygens (including phenoxy) is 1. The Kier molecular flexibility index (Phi) is 6.22. The Morgan fingerprint density at radius 3 is 2.68 bits per heavy atom. The highest BCUT2D eigenvalue weighted by Crippen LogP contribution is 2.40. The predicted octanol–water partition coefficient (Wildman–Crippen LogP) is 5.48. The quantitative estimate of drug-likeness (QED) is 0.386. The zero-order valence-corrected chi connectivity index (χ0v) is 18.9. The molecule has 1 aromatic heterocycles. The third kappa shape index (κ3) is 4.15. The van der Waals surface area contributed by atoms with Gasteiger partial charge in [-0.3, -0.25) is 0 Å². The molecule has 160 valence electrons. The standard InChI is InChI=1S/C21H17Cl2FN4O2S/c1-11-16(19(29)30-2)18(17-14(23)8-5-9-15(17)24)28-20(25-11)26-21(27-28)31-10-12-6-3-4-7-13(12)22/h3-9,18H,10H2,1-2H3,(H,25,26,27). The first-order valence-corrected chi connectivity index (χ1v) is 11.0. The van der Waals surface area contributed by atoms with Gasteiger partial charge in [-0.25, -0.2) is 13.9 Å². The molecular weight excluding hydrogens is 462 g/mol. The van der Waals surface area contributed by atoms with Crippen molar-refractivity contribution < 1.29 is 13.9 Å². The monoisotopic (exact) mass is 478 g/mol. The second kappa shape index (κ2) is 8.90. The van der Waals surface area contributed by atoms with E-state index in [0.717, 1.165) is 5.56 Å². The molecule has 4 rings (SSSR count). The molecule has 1 unspecified atom stereocenters. The minimum Gasteiger partial charge on any atom is -0.466 e. The number of aromatic nitrogens is 3. The number of esters is 1. The van der Waals surface area contributed by atoms with Crippen molar-refractivity contribution >= 4 is 46.9 Å². The maximum Gasteiger partial charge on any atom is 0.338 e. The van der Waals surface area contributed by atoms with E-state index in [2.05, 4.69) is 15.4 Å². The van der Waals surface area contributed by atoms with Crippen molar-refractivity contribution in [3.8, 4) is 0 Å². The highest BCUT2D eigenvalue weighted by molar-refractivity contribution is 7.98. The Morgan fingerprint density at radius 1 is 1.23 bits per heavy atom. The second-order valence-corrected chi connectivity index (χ2v) is 8.49. The lowest BCUT2D eigenvalue weighted by Crippen LogP contribution is -2.30. The normalized spacial score (nSPS) is 15.5. The number of methoxy groups -OCH3 is 1. The maximum atomic E-state index is 14.9. The SMILES string of the molecule is COC(=O)C1=C(C)Nc2nc(SCc3ccccc3Cl)nn2C1c1c(F)cccc1Cl. The Morgan fingerprint density at radius 2 is 1.97 bits per heavy atom. The number of anilines is 1. The molecule has 0 aliphatic carbocycles. The van der Waals surface area contributed by atoms with Crippen LogP contribution in [-0.4, -0.2) is 27.8 Å². The zero-order chi connectivity index (χ0) is 22.1. The van der Waals surface area contributed by atoms with Crippen LogP contribution in [0.5, 0.6) is 0 Å². The number of benzene rings is 2. The summed E-state index contributed by atoms with van der Waals surface area (Å²) in [6.07, 6.45) is 0. The van der Waals surface area contributed by atoms with Crippen LogP contribution in [0.2, 0.25) is 10.0 Å². The van der Waals surface area contributed by atoms with E-state index in [9.17, 15) is 9.18 Å². The van der Waals surface area contributed by atoms with E-state index in [1.165, 1.54) is 35.7 Å². The topological polar surface area (TPSA) is 69.0 Å². The van der Waals surface area contributed by atoms with Crippen molar-refractivity contribution in [3.63, 3.8) is 0 Å². The summed E-state index contributed by atoms with van der Waals surface area (Å²) in [4.78, 5) is 17.1. The van der Waals surface area contributed by atoms with Gasteiger partial charge in [0.15, 0.2) is 0 Å². The maximum absolute atomic E-state index is 14.9. The molecule has 0 radical (unpaired) electrons. The van der Waals surface area contributed by atoms with E-state index < -0.39 is 17.8 Å². The van der Waals surface area contributed by atoms with Crippen LogP contribution in [0.1, 0.15) is 24.1 Å². The van der Waals surface area contributed by atoms with Gasteiger partial charge in [0.1, 0.15) is 11.9 Å². The van der Waals surface area contributed by atoms with Crippen LogP contribution in [0.4, 0.5) is 10.3 Å². The molecule has 0 saturated carbocycles. The van der Waals surface area contributed by atoms with Gasteiger partial charge in [0.2, 0.25) is 11.1 Å². The highest BCUT2D eigenvalue weighted by atomic mass is 35.5. The fourth-order valence-corrected chi connectivity index (χ4v) is 4.74. The van der Waals surface area contributed by atoms with Gasteiger partial charge in [-0.05, 0) is 30.7 Å². The summed E-state index contributed by atoms with van der Waals surface area (Å²) in [7, 11) is 1.27. The molecular formula is C21H17Cl2FN4O2S. The smallest absolute Gasteiger partial charge is 0.338 e. The number of halogens is 3. The number of thioether (sulfide) groups is 1. The van der Waals surface area contributed by atoms with Crippen LogP contribution in [0.25, 0.3) is 0 Å². The number of hydrogen-bond donors (Lipinski definition) is 1. The van der Waals surface area contributed by atoms with E-state index in [1.807, 2.05) is 24.3 Å². The molecule has 3 aromatic rings. The zero-order valence-electron chi connectivity index (χ0n) is 16.5. The number of carbonyl (C=O) groups is 1. The van der Waals surface area contributed by atoms with Crippen LogP contribution in [-0.2, 0) is 15.3 Å². The average Bonchev–Trinajstić information content (AvgIpc) is 3.15. The van der Waals surface area contributed by atoms with Crippen molar-refractivity contribution in [2.24, 2.45) is 0 Å². The molecule has 10 heteroatoms. The first kappa shape index (κ1) is 21.7.